The number of hydrogen-bond donors (Lipinski definition) is 1. The number of aromatic nitrogens is 1. The smallest absolute Gasteiger partial charge is 0.226 e. The number of carbonyl (C=O) groups is 1. The summed E-state index contributed by atoms with van der Waals surface area (Å²) in [6.07, 6.45) is 1.79. The molecule has 0 aromatic carbocycles. The van der Waals surface area contributed by atoms with Crippen LogP contribution in [0.4, 0.5) is 5.69 Å². The van der Waals surface area contributed by atoms with E-state index in [1.54, 1.807) is 13.1 Å². The first kappa shape index (κ1) is 11.9. The Kier molecular flexibility index (Phi) is 3.58. The molecule has 5 heteroatoms. The van der Waals surface area contributed by atoms with Gasteiger partial charge in [-0.25, -0.2) is 0 Å². The van der Waals surface area contributed by atoms with E-state index >= 15 is 0 Å². The van der Waals surface area contributed by atoms with Crippen molar-refractivity contribution in [2.75, 3.05) is 31.2 Å². The summed E-state index contributed by atoms with van der Waals surface area (Å²) in [5, 5.41) is 0. The zero-order valence-electron chi connectivity index (χ0n) is 9.93. The molecule has 0 radical (unpaired) electrons. The number of pyridine rings is 1. The zero-order valence-corrected chi connectivity index (χ0v) is 9.93. The van der Waals surface area contributed by atoms with Crippen LogP contribution in [0, 0.1) is 0 Å². The van der Waals surface area contributed by atoms with Gasteiger partial charge in [0, 0.05) is 13.1 Å². The molecule has 92 valence electrons. The highest BCUT2D eigenvalue weighted by atomic mass is 16.5. The lowest BCUT2D eigenvalue weighted by Crippen LogP contribution is -2.36. The van der Waals surface area contributed by atoms with Gasteiger partial charge in [0.25, 0.3) is 0 Å². The maximum absolute atomic E-state index is 11.0. The van der Waals surface area contributed by atoms with Gasteiger partial charge in [0.05, 0.1) is 36.7 Å². The molecule has 2 N–H and O–H groups in total. The third-order valence-corrected chi connectivity index (χ3v) is 3.02. The normalized spacial score (nSPS) is 17.8. The van der Waals surface area contributed by atoms with Gasteiger partial charge in [-0.3, -0.25) is 9.78 Å². The average Bonchev–Trinajstić information content (AvgIpc) is 2.39. The number of anilines is 1. The number of nitrogens with zero attached hydrogens (tertiary/aromatic N) is 2. The van der Waals surface area contributed by atoms with E-state index in [0.717, 1.165) is 37.7 Å². The van der Waals surface area contributed by atoms with E-state index in [4.69, 9.17) is 10.5 Å². The maximum Gasteiger partial charge on any atom is 0.226 e. The van der Waals surface area contributed by atoms with Crippen LogP contribution in [-0.4, -0.2) is 37.2 Å². The van der Waals surface area contributed by atoms with Crippen LogP contribution in [0.5, 0.6) is 0 Å². The Morgan fingerprint density at radius 1 is 1.47 bits per heavy atom. The predicted molar refractivity (Wildman–Crippen MR) is 64.9 cm³/mol. The SMILES string of the molecule is CC(C(N)=O)c1ccc(N2CCOCC2)cn1. The van der Waals surface area contributed by atoms with Crippen LogP contribution in [-0.2, 0) is 9.53 Å². The fourth-order valence-corrected chi connectivity index (χ4v) is 1.81. The van der Waals surface area contributed by atoms with Crippen LogP contribution in [0.3, 0.4) is 0 Å². The fraction of sp³-hybridized carbons (Fsp3) is 0.500. The Morgan fingerprint density at radius 2 is 2.18 bits per heavy atom. The molecule has 1 amide bonds. The van der Waals surface area contributed by atoms with Crippen molar-refractivity contribution < 1.29 is 9.53 Å². The second-order valence-corrected chi connectivity index (χ2v) is 4.16. The lowest BCUT2D eigenvalue weighted by atomic mass is 10.1. The lowest BCUT2D eigenvalue weighted by Gasteiger charge is -2.28. The fourth-order valence-electron chi connectivity index (χ4n) is 1.81. The standard InChI is InChI=1S/C12H17N3O2/c1-9(12(13)16)11-3-2-10(8-14-11)15-4-6-17-7-5-15/h2-3,8-9H,4-7H2,1H3,(H2,13,16). The zero-order chi connectivity index (χ0) is 12.3. The minimum Gasteiger partial charge on any atom is -0.378 e. The number of nitrogens with two attached hydrogens (primary N) is 1. The van der Waals surface area contributed by atoms with E-state index in [1.165, 1.54) is 0 Å². The molecule has 2 heterocycles. The maximum atomic E-state index is 11.0. The van der Waals surface area contributed by atoms with Crippen molar-refractivity contribution in [3.63, 3.8) is 0 Å². The molecule has 1 saturated heterocycles. The number of hydrogen-bond acceptors (Lipinski definition) is 4. The molecular formula is C12H17N3O2. The molecule has 1 aromatic rings. The summed E-state index contributed by atoms with van der Waals surface area (Å²) >= 11 is 0. The van der Waals surface area contributed by atoms with Crippen LogP contribution in [0.25, 0.3) is 0 Å². The summed E-state index contributed by atoms with van der Waals surface area (Å²) in [6.45, 7) is 5.02. The summed E-state index contributed by atoms with van der Waals surface area (Å²) in [6, 6.07) is 3.84. The van der Waals surface area contributed by atoms with Crippen molar-refractivity contribution in [3.05, 3.63) is 24.0 Å². The van der Waals surface area contributed by atoms with Gasteiger partial charge in [-0.1, -0.05) is 0 Å². The van der Waals surface area contributed by atoms with Gasteiger partial charge in [-0.15, -0.1) is 0 Å². The number of morpholine rings is 1. The number of ether oxygens (including phenoxy) is 1. The van der Waals surface area contributed by atoms with Crippen molar-refractivity contribution in [2.45, 2.75) is 12.8 Å². The van der Waals surface area contributed by atoms with Crippen LogP contribution in [0.1, 0.15) is 18.5 Å². The molecule has 1 aliphatic heterocycles. The van der Waals surface area contributed by atoms with Gasteiger partial charge in [0.15, 0.2) is 0 Å². The second kappa shape index (κ2) is 5.14. The van der Waals surface area contributed by atoms with Crippen LogP contribution < -0.4 is 10.6 Å². The molecule has 5 nitrogen and oxygen atoms in total. The van der Waals surface area contributed by atoms with Gasteiger partial charge >= 0.3 is 0 Å². The van der Waals surface area contributed by atoms with E-state index in [-0.39, 0.29) is 11.8 Å². The Morgan fingerprint density at radius 3 is 2.71 bits per heavy atom. The van der Waals surface area contributed by atoms with E-state index in [2.05, 4.69) is 9.88 Å². The first-order valence-corrected chi connectivity index (χ1v) is 5.76. The van der Waals surface area contributed by atoms with Crippen LogP contribution in [0.15, 0.2) is 18.3 Å². The third-order valence-electron chi connectivity index (χ3n) is 3.02. The quantitative estimate of drug-likeness (QED) is 0.828. The third kappa shape index (κ3) is 2.74. The highest BCUT2D eigenvalue weighted by Gasteiger charge is 2.15. The average molecular weight is 235 g/mol. The van der Waals surface area contributed by atoms with Crippen molar-refractivity contribution >= 4 is 11.6 Å². The summed E-state index contributed by atoms with van der Waals surface area (Å²) < 4.78 is 5.29. The summed E-state index contributed by atoms with van der Waals surface area (Å²) in [5.41, 5.74) is 7.02. The summed E-state index contributed by atoms with van der Waals surface area (Å²) in [4.78, 5) is 17.6. The Hall–Kier alpha value is -1.62. The Bertz CT molecular complexity index is 385. The van der Waals surface area contributed by atoms with Gasteiger partial charge in [0.2, 0.25) is 5.91 Å². The van der Waals surface area contributed by atoms with E-state index in [1.807, 2.05) is 12.1 Å². The Labute approximate surface area is 101 Å². The molecule has 1 fully saturated rings. The molecule has 1 unspecified atom stereocenters. The van der Waals surface area contributed by atoms with Crippen molar-refractivity contribution in [1.82, 2.24) is 4.98 Å². The topological polar surface area (TPSA) is 68.5 Å². The van der Waals surface area contributed by atoms with Crippen LogP contribution in [0.2, 0.25) is 0 Å². The number of carbonyl (C=O) groups excluding carboxylic acids is 1. The van der Waals surface area contributed by atoms with Gasteiger partial charge in [-0.2, -0.15) is 0 Å². The molecule has 0 aliphatic carbocycles. The molecular weight excluding hydrogens is 218 g/mol. The largest absolute Gasteiger partial charge is 0.378 e. The molecule has 1 aromatic heterocycles. The molecule has 0 saturated carbocycles. The Balaban J connectivity index is 2.09. The molecule has 0 spiro atoms. The first-order chi connectivity index (χ1) is 8.18. The van der Waals surface area contributed by atoms with E-state index < -0.39 is 0 Å². The molecule has 0 bridgehead atoms. The second-order valence-electron chi connectivity index (χ2n) is 4.16. The van der Waals surface area contributed by atoms with Gasteiger partial charge in [0.1, 0.15) is 0 Å². The van der Waals surface area contributed by atoms with E-state index in [0.29, 0.717) is 0 Å². The highest BCUT2D eigenvalue weighted by Crippen LogP contribution is 2.18. The highest BCUT2D eigenvalue weighted by molar-refractivity contribution is 5.80. The molecule has 17 heavy (non-hydrogen) atoms. The minimum absolute atomic E-state index is 0.339. The molecule has 2 rings (SSSR count). The number of rotatable bonds is 3. The van der Waals surface area contributed by atoms with Gasteiger partial charge in [-0.05, 0) is 19.1 Å². The minimum atomic E-state index is -0.350. The van der Waals surface area contributed by atoms with Crippen molar-refractivity contribution in [2.24, 2.45) is 5.73 Å². The van der Waals surface area contributed by atoms with Gasteiger partial charge < -0.3 is 15.4 Å². The lowest BCUT2D eigenvalue weighted by molar-refractivity contribution is -0.119. The number of amides is 1. The van der Waals surface area contributed by atoms with Crippen LogP contribution >= 0.6 is 0 Å². The predicted octanol–water partition coefficient (Wildman–Crippen LogP) is 0.507. The van der Waals surface area contributed by atoms with Crippen molar-refractivity contribution in [1.29, 1.82) is 0 Å². The van der Waals surface area contributed by atoms with E-state index in [9.17, 15) is 4.79 Å². The van der Waals surface area contributed by atoms with Crippen molar-refractivity contribution in [3.8, 4) is 0 Å². The number of primary amides is 1. The molecule has 1 atom stereocenters. The first-order valence-electron chi connectivity index (χ1n) is 5.76. The summed E-state index contributed by atoms with van der Waals surface area (Å²) in [7, 11) is 0. The summed E-state index contributed by atoms with van der Waals surface area (Å²) in [5.74, 6) is -0.689. The monoisotopic (exact) mass is 235 g/mol. The molecule has 1 aliphatic rings.